The van der Waals surface area contributed by atoms with E-state index < -0.39 is 15.6 Å². The van der Waals surface area contributed by atoms with E-state index in [-0.39, 0.29) is 17.3 Å². The molecule has 0 saturated carbocycles. The summed E-state index contributed by atoms with van der Waals surface area (Å²) in [6.07, 6.45) is 2.31. The lowest BCUT2D eigenvalue weighted by molar-refractivity contribution is -0.00514. The molecule has 1 aromatic rings. The molecule has 0 aliphatic rings. The van der Waals surface area contributed by atoms with Crippen LogP contribution in [0.3, 0.4) is 0 Å². The molecule has 1 heterocycles. The quantitative estimate of drug-likeness (QED) is 0.745. The molecule has 0 aromatic carbocycles. The fraction of sp³-hybridized carbons (Fsp3) is 0.750. The molecule has 0 amide bonds. The molecule has 0 radical (unpaired) electrons. The average Bonchev–Trinajstić information content (AvgIpc) is 2.69. The van der Waals surface area contributed by atoms with Crippen molar-refractivity contribution in [2.45, 2.75) is 51.2 Å². The second-order valence-corrected chi connectivity index (χ2v) is 6.89. The molecule has 7 nitrogen and oxygen atoms in total. The third-order valence-corrected chi connectivity index (χ3v) is 4.14. The van der Waals surface area contributed by atoms with Gasteiger partial charge in [0.2, 0.25) is 10.0 Å². The molecule has 20 heavy (non-hydrogen) atoms. The smallest absolute Gasteiger partial charge is 0.245 e. The molecule has 116 valence electrons. The van der Waals surface area contributed by atoms with Gasteiger partial charge in [0.15, 0.2) is 5.82 Å². The monoisotopic (exact) mass is 304 g/mol. The minimum atomic E-state index is -3.68. The number of rotatable bonds is 8. The van der Waals surface area contributed by atoms with Gasteiger partial charge in [0, 0.05) is 25.9 Å². The maximum atomic E-state index is 12.2. The average molecular weight is 304 g/mol. The van der Waals surface area contributed by atoms with Crippen molar-refractivity contribution in [3.63, 3.8) is 0 Å². The molecule has 0 aliphatic carbocycles. The number of aromatic nitrogens is 2. The van der Waals surface area contributed by atoms with Crippen LogP contribution in [0.2, 0.25) is 0 Å². The van der Waals surface area contributed by atoms with Crippen molar-refractivity contribution in [3.8, 4) is 0 Å². The van der Waals surface area contributed by atoms with Gasteiger partial charge in [0.1, 0.15) is 4.90 Å². The van der Waals surface area contributed by atoms with Crippen molar-refractivity contribution in [1.29, 1.82) is 0 Å². The Labute approximate surface area is 120 Å². The van der Waals surface area contributed by atoms with Crippen LogP contribution in [0.25, 0.3) is 0 Å². The van der Waals surface area contributed by atoms with Crippen LogP contribution in [0.15, 0.2) is 11.1 Å². The van der Waals surface area contributed by atoms with Gasteiger partial charge in [-0.3, -0.25) is 4.68 Å². The maximum absolute atomic E-state index is 12.2. The van der Waals surface area contributed by atoms with Gasteiger partial charge >= 0.3 is 0 Å². The summed E-state index contributed by atoms with van der Waals surface area (Å²) >= 11 is 0. The number of hydrogen-bond donors (Lipinski definition) is 2. The van der Waals surface area contributed by atoms with E-state index in [9.17, 15) is 8.42 Å². The highest BCUT2D eigenvalue weighted by molar-refractivity contribution is 7.89. The lowest BCUT2D eigenvalue weighted by atomic mass is 10.1. The molecule has 0 atom stereocenters. The zero-order chi connectivity index (χ0) is 15.4. The van der Waals surface area contributed by atoms with Crippen molar-refractivity contribution < 1.29 is 13.2 Å². The Balaban J connectivity index is 2.83. The van der Waals surface area contributed by atoms with E-state index in [2.05, 4.69) is 9.82 Å². The summed E-state index contributed by atoms with van der Waals surface area (Å²) in [5, 5.41) is 3.99. The Bertz CT molecular complexity index is 537. The van der Waals surface area contributed by atoms with Crippen LogP contribution in [0.1, 0.15) is 34.1 Å². The van der Waals surface area contributed by atoms with Crippen LogP contribution in [0, 0.1) is 0 Å². The Morgan fingerprint density at radius 3 is 2.65 bits per heavy atom. The number of nitrogens with zero attached hydrogens (tertiary/aromatic N) is 2. The van der Waals surface area contributed by atoms with Gasteiger partial charge < -0.3 is 10.5 Å². The molecular weight excluding hydrogens is 280 g/mol. The minimum absolute atomic E-state index is 0.0123. The van der Waals surface area contributed by atoms with E-state index in [0.29, 0.717) is 13.2 Å². The SMILES string of the molecule is CCCn1cc(S(=O)(=O)NCC(C)(C)OCC)c(N)n1. The highest BCUT2D eigenvalue weighted by Crippen LogP contribution is 2.17. The lowest BCUT2D eigenvalue weighted by Crippen LogP contribution is -2.40. The van der Waals surface area contributed by atoms with E-state index in [1.54, 1.807) is 0 Å². The molecule has 0 bridgehead atoms. The number of sulfonamides is 1. The van der Waals surface area contributed by atoms with Crippen molar-refractivity contribution in [2.24, 2.45) is 0 Å². The van der Waals surface area contributed by atoms with Gasteiger partial charge in [0.25, 0.3) is 0 Å². The van der Waals surface area contributed by atoms with Gasteiger partial charge in [0.05, 0.1) is 5.60 Å². The van der Waals surface area contributed by atoms with Crippen molar-refractivity contribution in [1.82, 2.24) is 14.5 Å². The molecule has 0 spiro atoms. The second-order valence-electron chi connectivity index (χ2n) is 5.16. The molecule has 8 heteroatoms. The summed E-state index contributed by atoms with van der Waals surface area (Å²) in [6.45, 7) is 8.81. The summed E-state index contributed by atoms with van der Waals surface area (Å²) in [5.41, 5.74) is 5.10. The number of hydrogen-bond acceptors (Lipinski definition) is 5. The van der Waals surface area contributed by atoms with Crippen LogP contribution in [0.5, 0.6) is 0 Å². The highest BCUT2D eigenvalue weighted by Gasteiger charge is 2.25. The van der Waals surface area contributed by atoms with Crippen LogP contribution in [-0.2, 0) is 21.3 Å². The van der Waals surface area contributed by atoms with Crippen LogP contribution >= 0.6 is 0 Å². The largest absolute Gasteiger partial charge is 0.381 e. The highest BCUT2D eigenvalue weighted by atomic mass is 32.2. The number of nitrogens with one attached hydrogen (secondary N) is 1. The van der Waals surface area contributed by atoms with E-state index in [1.165, 1.54) is 10.9 Å². The first-order chi connectivity index (χ1) is 9.22. The Morgan fingerprint density at radius 1 is 1.45 bits per heavy atom. The summed E-state index contributed by atoms with van der Waals surface area (Å²) in [5.74, 6) is 0.0140. The Kier molecular flexibility index (Phi) is 5.55. The van der Waals surface area contributed by atoms with Gasteiger partial charge in [-0.05, 0) is 27.2 Å². The van der Waals surface area contributed by atoms with Gasteiger partial charge in [-0.25, -0.2) is 13.1 Å². The predicted molar refractivity (Wildman–Crippen MR) is 77.8 cm³/mol. The first kappa shape index (κ1) is 16.9. The van der Waals surface area contributed by atoms with E-state index in [4.69, 9.17) is 10.5 Å². The number of nitrogen functional groups attached to an aromatic ring is 1. The molecule has 0 aliphatic heterocycles. The van der Waals surface area contributed by atoms with E-state index in [0.717, 1.165) is 6.42 Å². The summed E-state index contributed by atoms with van der Waals surface area (Å²) in [7, 11) is -3.68. The van der Waals surface area contributed by atoms with Crippen LogP contribution in [0.4, 0.5) is 5.82 Å². The molecule has 0 saturated heterocycles. The van der Waals surface area contributed by atoms with Gasteiger partial charge in [-0.15, -0.1) is 0 Å². The van der Waals surface area contributed by atoms with Gasteiger partial charge in [-0.1, -0.05) is 6.92 Å². The Morgan fingerprint density at radius 2 is 2.10 bits per heavy atom. The van der Waals surface area contributed by atoms with E-state index in [1.807, 2.05) is 27.7 Å². The third kappa shape index (κ3) is 4.46. The van der Waals surface area contributed by atoms with Crippen molar-refractivity contribution >= 4 is 15.8 Å². The summed E-state index contributed by atoms with van der Waals surface area (Å²) < 4.78 is 33.9. The zero-order valence-electron chi connectivity index (χ0n) is 12.5. The van der Waals surface area contributed by atoms with Crippen LogP contribution < -0.4 is 10.5 Å². The fourth-order valence-corrected chi connectivity index (χ4v) is 3.03. The predicted octanol–water partition coefficient (Wildman–Crippen LogP) is 0.969. The standard InChI is InChI=1S/C12H24N4O3S/c1-5-7-16-8-10(11(13)15-16)20(17,18)14-9-12(3,4)19-6-2/h8,14H,5-7,9H2,1-4H3,(H2,13,15). The maximum Gasteiger partial charge on any atom is 0.245 e. The molecule has 1 aromatic heterocycles. The van der Waals surface area contributed by atoms with Gasteiger partial charge in [-0.2, -0.15) is 5.10 Å². The molecular formula is C12H24N4O3S. The molecule has 3 N–H and O–H groups in total. The number of aryl methyl sites for hydroxylation is 1. The normalized spacial score (nSPS) is 12.8. The summed E-state index contributed by atoms with van der Waals surface area (Å²) in [4.78, 5) is 0.0123. The number of anilines is 1. The molecule has 0 unspecified atom stereocenters. The first-order valence-corrected chi connectivity index (χ1v) is 8.16. The number of ether oxygens (including phenoxy) is 1. The summed E-state index contributed by atoms with van der Waals surface area (Å²) in [6, 6.07) is 0. The Hall–Kier alpha value is -1.12. The topological polar surface area (TPSA) is 99.2 Å². The molecule has 1 rings (SSSR count). The van der Waals surface area contributed by atoms with Crippen molar-refractivity contribution in [2.75, 3.05) is 18.9 Å². The third-order valence-electron chi connectivity index (χ3n) is 2.72. The van der Waals surface area contributed by atoms with E-state index >= 15 is 0 Å². The molecule has 0 fully saturated rings. The fourth-order valence-electron chi connectivity index (χ4n) is 1.76. The zero-order valence-corrected chi connectivity index (χ0v) is 13.3. The van der Waals surface area contributed by atoms with Crippen LogP contribution in [-0.4, -0.2) is 37.0 Å². The second kappa shape index (κ2) is 6.55. The number of nitrogens with two attached hydrogens (primary N) is 1. The lowest BCUT2D eigenvalue weighted by Gasteiger charge is -2.24. The van der Waals surface area contributed by atoms with Crippen molar-refractivity contribution in [3.05, 3.63) is 6.20 Å². The first-order valence-electron chi connectivity index (χ1n) is 6.68. The minimum Gasteiger partial charge on any atom is -0.381 e.